The predicted octanol–water partition coefficient (Wildman–Crippen LogP) is 1.68. The lowest BCUT2D eigenvalue weighted by Crippen LogP contribution is -2.31. The molecule has 0 heterocycles. The van der Waals surface area contributed by atoms with Crippen LogP contribution in [0.5, 0.6) is 0 Å². The van der Waals surface area contributed by atoms with Gasteiger partial charge in [-0.2, -0.15) is 0 Å². The zero-order valence-corrected chi connectivity index (χ0v) is 12.5. The van der Waals surface area contributed by atoms with Crippen molar-refractivity contribution in [2.75, 3.05) is 32.4 Å². The first-order chi connectivity index (χ1) is 7.90. The van der Waals surface area contributed by atoms with Gasteiger partial charge in [0.25, 0.3) is 0 Å². The number of nitrogens with zero attached hydrogens (tertiary/aromatic N) is 1. The molecule has 0 aromatic rings. The van der Waals surface area contributed by atoms with Gasteiger partial charge in [0.15, 0.2) is 0 Å². The van der Waals surface area contributed by atoms with E-state index in [-0.39, 0.29) is 5.75 Å². The zero-order chi connectivity index (χ0) is 13.3. The molecule has 0 unspecified atom stereocenters. The highest BCUT2D eigenvalue weighted by atomic mass is 32.2. The van der Waals surface area contributed by atoms with Crippen molar-refractivity contribution in [2.24, 2.45) is 5.92 Å². The van der Waals surface area contributed by atoms with E-state index in [0.717, 1.165) is 32.4 Å². The molecule has 0 aromatic carbocycles. The SMILES string of the molecule is CCNCCCCS(=O)(=O)N(C)CCC(C)C. The minimum absolute atomic E-state index is 0.271. The fourth-order valence-electron chi connectivity index (χ4n) is 1.45. The lowest BCUT2D eigenvalue weighted by atomic mass is 10.1. The minimum atomic E-state index is -3.04. The molecule has 0 aromatic heterocycles. The van der Waals surface area contributed by atoms with E-state index in [1.165, 1.54) is 4.31 Å². The van der Waals surface area contributed by atoms with Crippen LogP contribution in [0.25, 0.3) is 0 Å². The lowest BCUT2D eigenvalue weighted by Gasteiger charge is -2.18. The van der Waals surface area contributed by atoms with E-state index in [1.54, 1.807) is 7.05 Å². The Labute approximate surface area is 107 Å². The Morgan fingerprint density at radius 2 is 1.88 bits per heavy atom. The van der Waals surface area contributed by atoms with Crippen LogP contribution in [0.3, 0.4) is 0 Å². The first-order valence-corrected chi connectivity index (χ1v) is 8.15. The molecule has 0 aliphatic heterocycles. The largest absolute Gasteiger partial charge is 0.317 e. The van der Waals surface area contributed by atoms with Gasteiger partial charge in [0.05, 0.1) is 5.75 Å². The van der Waals surface area contributed by atoms with Crippen LogP contribution in [0.1, 0.15) is 40.0 Å². The molecule has 104 valence electrons. The Balaban J connectivity index is 3.85. The van der Waals surface area contributed by atoms with Gasteiger partial charge in [-0.25, -0.2) is 12.7 Å². The Kier molecular flexibility index (Phi) is 8.82. The highest BCUT2D eigenvalue weighted by Gasteiger charge is 2.16. The second-order valence-corrected chi connectivity index (χ2v) is 7.08. The average Bonchev–Trinajstić information content (AvgIpc) is 2.25. The maximum absolute atomic E-state index is 11.9. The second kappa shape index (κ2) is 8.89. The average molecular weight is 264 g/mol. The van der Waals surface area contributed by atoms with Gasteiger partial charge in [0, 0.05) is 13.6 Å². The monoisotopic (exact) mass is 264 g/mol. The summed E-state index contributed by atoms with van der Waals surface area (Å²) in [6, 6.07) is 0. The zero-order valence-electron chi connectivity index (χ0n) is 11.7. The first kappa shape index (κ1) is 16.9. The molecule has 0 atom stereocenters. The standard InChI is InChI=1S/C12H28N2O2S/c1-5-13-9-6-7-11-17(15,16)14(4)10-8-12(2)3/h12-13H,5-11H2,1-4H3. The lowest BCUT2D eigenvalue weighted by molar-refractivity contribution is 0.427. The molecule has 0 radical (unpaired) electrons. The molecule has 4 nitrogen and oxygen atoms in total. The van der Waals surface area contributed by atoms with Crippen LogP contribution in [0.2, 0.25) is 0 Å². The number of rotatable bonds is 10. The third-order valence-corrected chi connectivity index (χ3v) is 4.69. The summed E-state index contributed by atoms with van der Waals surface area (Å²) in [5.41, 5.74) is 0. The topological polar surface area (TPSA) is 49.4 Å². The summed E-state index contributed by atoms with van der Waals surface area (Å²) in [4.78, 5) is 0. The fourth-order valence-corrected chi connectivity index (χ4v) is 2.71. The number of nitrogens with one attached hydrogen (secondary N) is 1. The Bertz CT molecular complexity index is 276. The Morgan fingerprint density at radius 3 is 2.41 bits per heavy atom. The Hall–Kier alpha value is -0.130. The molecule has 5 heteroatoms. The smallest absolute Gasteiger partial charge is 0.213 e. The maximum Gasteiger partial charge on any atom is 0.213 e. The quantitative estimate of drug-likeness (QED) is 0.611. The van der Waals surface area contributed by atoms with Gasteiger partial charge in [-0.3, -0.25) is 0 Å². The van der Waals surface area contributed by atoms with Crippen LogP contribution in [0, 0.1) is 5.92 Å². The van der Waals surface area contributed by atoms with Crippen LogP contribution in [0.4, 0.5) is 0 Å². The molecule has 0 amide bonds. The Morgan fingerprint density at radius 1 is 1.24 bits per heavy atom. The highest BCUT2D eigenvalue weighted by molar-refractivity contribution is 7.89. The molecule has 1 N–H and O–H groups in total. The van der Waals surface area contributed by atoms with Gasteiger partial charge in [-0.05, 0) is 38.3 Å². The normalized spacial score (nSPS) is 12.6. The van der Waals surface area contributed by atoms with Crippen molar-refractivity contribution in [1.82, 2.24) is 9.62 Å². The van der Waals surface area contributed by atoms with Crippen molar-refractivity contribution < 1.29 is 8.42 Å². The predicted molar refractivity (Wildman–Crippen MR) is 73.6 cm³/mol. The molecule has 0 saturated heterocycles. The fraction of sp³-hybridized carbons (Fsp3) is 1.00. The molecule has 0 spiro atoms. The van der Waals surface area contributed by atoms with E-state index in [4.69, 9.17) is 0 Å². The van der Waals surface area contributed by atoms with Gasteiger partial charge >= 0.3 is 0 Å². The van der Waals surface area contributed by atoms with Crippen molar-refractivity contribution in [3.8, 4) is 0 Å². The molecule has 0 rings (SSSR count). The van der Waals surface area contributed by atoms with Crippen LogP contribution in [-0.2, 0) is 10.0 Å². The molecule has 17 heavy (non-hydrogen) atoms. The summed E-state index contributed by atoms with van der Waals surface area (Å²) >= 11 is 0. The van der Waals surface area contributed by atoms with E-state index in [0.29, 0.717) is 12.5 Å². The van der Waals surface area contributed by atoms with Gasteiger partial charge in [-0.1, -0.05) is 20.8 Å². The van der Waals surface area contributed by atoms with Gasteiger partial charge in [0.2, 0.25) is 10.0 Å². The van der Waals surface area contributed by atoms with E-state index in [1.807, 2.05) is 0 Å². The van der Waals surface area contributed by atoms with E-state index in [2.05, 4.69) is 26.1 Å². The van der Waals surface area contributed by atoms with E-state index >= 15 is 0 Å². The third-order valence-electron chi connectivity index (χ3n) is 2.75. The van der Waals surface area contributed by atoms with E-state index in [9.17, 15) is 8.42 Å². The molecule has 0 aliphatic carbocycles. The van der Waals surface area contributed by atoms with Crippen molar-refractivity contribution >= 4 is 10.0 Å². The van der Waals surface area contributed by atoms with Crippen molar-refractivity contribution in [3.63, 3.8) is 0 Å². The van der Waals surface area contributed by atoms with E-state index < -0.39 is 10.0 Å². The summed E-state index contributed by atoms with van der Waals surface area (Å²) in [5, 5.41) is 3.20. The highest BCUT2D eigenvalue weighted by Crippen LogP contribution is 2.06. The molecule has 0 aliphatic rings. The van der Waals surface area contributed by atoms with Crippen LogP contribution < -0.4 is 5.32 Å². The van der Waals surface area contributed by atoms with Gasteiger partial charge in [-0.15, -0.1) is 0 Å². The molecule has 0 fully saturated rings. The summed E-state index contributed by atoms with van der Waals surface area (Å²) < 4.78 is 25.3. The van der Waals surface area contributed by atoms with Crippen molar-refractivity contribution in [3.05, 3.63) is 0 Å². The number of hydrogen-bond donors (Lipinski definition) is 1. The van der Waals surface area contributed by atoms with Crippen LogP contribution >= 0.6 is 0 Å². The molecule has 0 saturated carbocycles. The van der Waals surface area contributed by atoms with Crippen molar-refractivity contribution in [2.45, 2.75) is 40.0 Å². The van der Waals surface area contributed by atoms with Gasteiger partial charge in [0.1, 0.15) is 0 Å². The van der Waals surface area contributed by atoms with Crippen molar-refractivity contribution in [1.29, 1.82) is 0 Å². The summed E-state index contributed by atoms with van der Waals surface area (Å²) in [6.07, 6.45) is 2.58. The number of unbranched alkanes of at least 4 members (excludes halogenated alkanes) is 1. The number of sulfonamides is 1. The minimum Gasteiger partial charge on any atom is -0.317 e. The van der Waals surface area contributed by atoms with Crippen LogP contribution in [0.15, 0.2) is 0 Å². The summed E-state index contributed by atoms with van der Waals surface area (Å²) in [7, 11) is -1.36. The number of hydrogen-bond acceptors (Lipinski definition) is 3. The molecular formula is C12H28N2O2S. The first-order valence-electron chi connectivity index (χ1n) is 6.55. The van der Waals surface area contributed by atoms with Crippen LogP contribution in [-0.4, -0.2) is 45.2 Å². The molecular weight excluding hydrogens is 236 g/mol. The molecule has 0 bridgehead atoms. The summed E-state index contributed by atoms with van der Waals surface area (Å²) in [6.45, 7) is 8.75. The summed E-state index contributed by atoms with van der Waals surface area (Å²) in [5.74, 6) is 0.814. The third kappa shape index (κ3) is 8.57. The second-order valence-electron chi connectivity index (χ2n) is 4.88. The maximum atomic E-state index is 11.9. The van der Waals surface area contributed by atoms with Gasteiger partial charge < -0.3 is 5.32 Å².